The van der Waals surface area contributed by atoms with E-state index in [1.165, 1.54) is 11.8 Å². The highest BCUT2D eigenvalue weighted by Crippen LogP contribution is 2.35. The molecule has 1 aromatic heterocycles. The first-order valence-electron chi connectivity index (χ1n) is 11.3. The first kappa shape index (κ1) is 22.7. The summed E-state index contributed by atoms with van der Waals surface area (Å²) in [5.41, 5.74) is 4.97. The van der Waals surface area contributed by atoms with E-state index in [0.717, 1.165) is 33.9 Å². The average Bonchev–Trinajstić information content (AvgIpc) is 3.39. The van der Waals surface area contributed by atoms with Gasteiger partial charge in [0.2, 0.25) is 0 Å². The number of nitrogens with zero attached hydrogens (tertiary/aromatic N) is 3. The third-order valence-electron chi connectivity index (χ3n) is 5.73. The van der Waals surface area contributed by atoms with Gasteiger partial charge in [-0.05, 0) is 78.4 Å². The number of ether oxygens (including phenoxy) is 1. The van der Waals surface area contributed by atoms with E-state index in [4.69, 9.17) is 9.73 Å². The molecule has 1 saturated heterocycles. The molecule has 6 heteroatoms. The molecular formula is C29H25N3O2S. The first-order valence-corrected chi connectivity index (χ1v) is 12.1. The van der Waals surface area contributed by atoms with Gasteiger partial charge in [0.1, 0.15) is 5.75 Å². The maximum atomic E-state index is 13.5. The Bertz CT molecular complexity index is 1390. The van der Waals surface area contributed by atoms with E-state index in [2.05, 4.69) is 17.6 Å². The second-order valence-corrected chi connectivity index (χ2v) is 9.21. The van der Waals surface area contributed by atoms with Gasteiger partial charge >= 0.3 is 0 Å². The number of aryl methyl sites for hydroxylation is 1. The van der Waals surface area contributed by atoms with Crippen LogP contribution in [0.5, 0.6) is 5.75 Å². The summed E-state index contributed by atoms with van der Waals surface area (Å²) in [6.07, 6.45) is 4.00. The Kier molecular flexibility index (Phi) is 6.55. The second-order valence-electron chi connectivity index (χ2n) is 8.20. The second kappa shape index (κ2) is 10.1. The van der Waals surface area contributed by atoms with E-state index in [1.807, 2.05) is 97.2 Å². The molecule has 0 radical (unpaired) electrons. The van der Waals surface area contributed by atoms with Crippen LogP contribution in [-0.4, -0.2) is 27.7 Å². The molecule has 1 amide bonds. The van der Waals surface area contributed by atoms with Crippen LogP contribution in [0.4, 0.5) is 5.69 Å². The van der Waals surface area contributed by atoms with Crippen LogP contribution in [0, 0.1) is 6.92 Å². The molecule has 4 aromatic rings. The zero-order valence-corrected chi connectivity index (χ0v) is 20.4. The predicted molar refractivity (Wildman–Crippen MR) is 143 cm³/mol. The summed E-state index contributed by atoms with van der Waals surface area (Å²) in [4.78, 5) is 20.7. The molecule has 1 aliphatic rings. The Labute approximate surface area is 209 Å². The molecular weight excluding hydrogens is 454 g/mol. The van der Waals surface area contributed by atoms with Crippen LogP contribution < -0.4 is 4.74 Å². The minimum Gasteiger partial charge on any atom is -0.497 e. The fourth-order valence-corrected chi connectivity index (χ4v) is 4.96. The molecule has 0 unspecified atom stereocenters. The Hall–Kier alpha value is -4.03. The van der Waals surface area contributed by atoms with Crippen LogP contribution in [-0.2, 0) is 11.3 Å². The van der Waals surface area contributed by atoms with Crippen molar-refractivity contribution in [1.82, 2.24) is 9.47 Å². The molecule has 5 nitrogen and oxygen atoms in total. The van der Waals surface area contributed by atoms with Crippen molar-refractivity contribution in [3.8, 4) is 11.4 Å². The summed E-state index contributed by atoms with van der Waals surface area (Å²) in [6.45, 7) is 2.53. The SMILES string of the molecule is COc1ccc(-n2cc(/C=C3/SC(=Nc4ccccc4)N(Cc4ccccc4)C3=O)cc2C)cc1. The number of aliphatic imine (C=N–C) groups is 1. The van der Waals surface area contributed by atoms with Gasteiger partial charge in [-0.25, -0.2) is 4.99 Å². The van der Waals surface area contributed by atoms with Gasteiger partial charge in [-0.2, -0.15) is 0 Å². The number of benzene rings is 3. The third kappa shape index (κ3) is 5.08. The van der Waals surface area contributed by atoms with Crippen molar-refractivity contribution in [2.45, 2.75) is 13.5 Å². The van der Waals surface area contributed by atoms with Crippen LogP contribution >= 0.6 is 11.8 Å². The molecule has 0 aliphatic carbocycles. The summed E-state index contributed by atoms with van der Waals surface area (Å²) in [5, 5.41) is 0.683. The van der Waals surface area contributed by atoms with Gasteiger partial charge in [-0.15, -0.1) is 0 Å². The van der Waals surface area contributed by atoms with E-state index in [9.17, 15) is 4.79 Å². The molecule has 0 atom stereocenters. The summed E-state index contributed by atoms with van der Waals surface area (Å²) < 4.78 is 7.38. The lowest BCUT2D eigenvalue weighted by molar-refractivity contribution is -0.122. The van der Waals surface area contributed by atoms with Crippen molar-refractivity contribution in [3.63, 3.8) is 0 Å². The van der Waals surface area contributed by atoms with Gasteiger partial charge in [-0.3, -0.25) is 9.69 Å². The number of carbonyl (C=O) groups excluding carboxylic acids is 1. The van der Waals surface area contributed by atoms with Gasteiger partial charge in [0.15, 0.2) is 5.17 Å². The van der Waals surface area contributed by atoms with Crippen LogP contribution in [0.15, 0.2) is 107 Å². The number of thioether (sulfide) groups is 1. The van der Waals surface area contributed by atoms with Crippen molar-refractivity contribution in [2.75, 3.05) is 7.11 Å². The Morgan fingerprint density at radius 2 is 1.63 bits per heavy atom. The molecule has 0 bridgehead atoms. The molecule has 2 heterocycles. The fourth-order valence-electron chi connectivity index (χ4n) is 3.96. The van der Waals surface area contributed by atoms with E-state index in [1.54, 1.807) is 12.0 Å². The lowest BCUT2D eigenvalue weighted by Crippen LogP contribution is -2.28. The minimum atomic E-state index is -0.0385. The quantitative estimate of drug-likeness (QED) is 0.293. The van der Waals surface area contributed by atoms with E-state index < -0.39 is 0 Å². The van der Waals surface area contributed by atoms with Crippen molar-refractivity contribution >= 4 is 34.6 Å². The van der Waals surface area contributed by atoms with Crippen LogP contribution in [0.3, 0.4) is 0 Å². The smallest absolute Gasteiger partial charge is 0.267 e. The zero-order chi connectivity index (χ0) is 24.2. The Morgan fingerprint density at radius 3 is 2.31 bits per heavy atom. The summed E-state index contributed by atoms with van der Waals surface area (Å²) in [7, 11) is 1.66. The van der Waals surface area contributed by atoms with Crippen molar-refractivity contribution < 1.29 is 9.53 Å². The number of amidine groups is 1. The number of carbonyl (C=O) groups is 1. The largest absolute Gasteiger partial charge is 0.497 e. The van der Waals surface area contributed by atoms with E-state index in [0.29, 0.717) is 16.6 Å². The summed E-state index contributed by atoms with van der Waals surface area (Å²) >= 11 is 1.41. The lowest BCUT2D eigenvalue weighted by Gasteiger charge is -2.15. The number of hydrogen-bond acceptors (Lipinski definition) is 4. The molecule has 3 aromatic carbocycles. The lowest BCUT2D eigenvalue weighted by atomic mass is 10.2. The van der Waals surface area contributed by atoms with Crippen LogP contribution in [0.1, 0.15) is 16.8 Å². The number of aromatic nitrogens is 1. The third-order valence-corrected chi connectivity index (χ3v) is 6.74. The molecule has 174 valence electrons. The number of methoxy groups -OCH3 is 1. The number of para-hydroxylation sites is 1. The maximum absolute atomic E-state index is 13.5. The molecule has 1 aliphatic heterocycles. The molecule has 0 N–H and O–H groups in total. The maximum Gasteiger partial charge on any atom is 0.267 e. The number of amides is 1. The number of hydrogen-bond donors (Lipinski definition) is 0. The normalized spacial score (nSPS) is 15.8. The van der Waals surface area contributed by atoms with Crippen LogP contribution in [0.25, 0.3) is 11.8 Å². The van der Waals surface area contributed by atoms with Gasteiger partial charge in [-0.1, -0.05) is 48.5 Å². The predicted octanol–water partition coefficient (Wildman–Crippen LogP) is 6.60. The van der Waals surface area contributed by atoms with E-state index >= 15 is 0 Å². The van der Waals surface area contributed by atoms with Crippen LogP contribution in [0.2, 0.25) is 0 Å². The molecule has 1 fully saturated rings. The Morgan fingerprint density at radius 1 is 0.943 bits per heavy atom. The molecule has 5 rings (SSSR count). The van der Waals surface area contributed by atoms with Crippen molar-refractivity contribution in [2.24, 2.45) is 4.99 Å². The first-order chi connectivity index (χ1) is 17.1. The van der Waals surface area contributed by atoms with E-state index in [-0.39, 0.29) is 5.91 Å². The highest BCUT2D eigenvalue weighted by atomic mass is 32.2. The monoisotopic (exact) mass is 479 g/mol. The highest BCUT2D eigenvalue weighted by molar-refractivity contribution is 8.18. The van der Waals surface area contributed by atoms with Crippen molar-refractivity contribution in [1.29, 1.82) is 0 Å². The zero-order valence-electron chi connectivity index (χ0n) is 19.6. The van der Waals surface area contributed by atoms with Gasteiger partial charge in [0.05, 0.1) is 24.2 Å². The molecule has 0 spiro atoms. The standard InChI is InChI=1S/C29H25N3O2S/c1-21-17-23(20-31(21)25-13-15-26(34-2)16-14-25)18-27-28(33)32(19-22-9-5-3-6-10-22)29(35-27)30-24-11-7-4-8-12-24/h3-18,20H,19H2,1-2H3/b27-18+,30-29?. The number of rotatable bonds is 6. The topological polar surface area (TPSA) is 46.8 Å². The highest BCUT2D eigenvalue weighted by Gasteiger charge is 2.33. The average molecular weight is 480 g/mol. The Balaban J connectivity index is 1.47. The molecule has 0 saturated carbocycles. The fraction of sp³-hybridized carbons (Fsp3) is 0.103. The summed E-state index contributed by atoms with van der Waals surface area (Å²) in [5.74, 6) is 0.779. The van der Waals surface area contributed by atoms with Gasteiger partial charge in [0.25, 0.3) is 5.91 Å². The van der Waals surface area contributed by atoms with Crippen molar-refractivity contribution in [3.05, 3.63) is 119 Å². The molecule has 35 heavy (non-hydrogen) atoms. The summed E-state index contributed by atoms with van der Waals surface area (Å²) in [6, 6.07) is 29.7. The van der Waals surface area contributed by atoms with Gasteiger partial charge in [0, 0.05) is 17.6 Å². The van der Waals surface area contributed by atoms with Gasteiger partial charge < -0.3 is 9.30 Å². The minimum absolute atomic E-state index is 0.0385.